The first-order chi connectivity index (χ1) is 9.22. The molecule has 1 aliphatic rings. The van der Waals surface area contributed by atoms with Crippen LogP contribution in [0.3, 0.4) is 0 Å². The molecule has 19 heavy (non-hydrogen) atoms. The Balaban J connectivity index is 1.92. The minimum absolute atomic E-state index is 0.895. The SMILES string of the molecule is O=C(O)/C=C/c1cc2c(s1)CCc1ccccc1C2. The molecule has 0 aliphatic heterocycles. The van der Waals surface area contributed by atoms with Crippen LogP contribution in [0.1, 0.15) is 26.4 Å². The summed E-state index contributed by atoms with van der Waals surface area (Å²) in [5.74, 6) is -0.895. The minimum atomic E-state index is -0.895. The van der Waals surface area contributed by atoms with Gasteiger partial charge in [-0.15, -0.1) is 11.3 Å². The molecule has 96 valence electrons. The largest absolute Gasteiger partial charge is 0.478 e. The van der Waals surface area contributed by atoms with Gasteiger partial charge in [0, 0.05) is 15.8 Å². The molecule has 1 aromatic heterocycles. The number of rotatable bonds is 2. The Bertz CT molecular complexity index is 653. The highest BCUT2D eigenvalue weighted by atomic mass is 32.1. The van der Waals surface area contributed by atoms with Crippen molar-refractivity contribution in [2.45, 2.75) is 19.3 Å². The second-order valence-corrected chi connectivity index (χ2v) is 5.88. The van der Waals surface area contributed by atoms with E-state index in [2.05, 4.69) is 30.3 Å². The highest BCUT2D eigenvalue weighted by Gasteiger charge is 2.15. The summed E-state index contributed by atoms with van der Waals surface area (Å²) in [5, 5.41) is 8.67. The second-order valence-electron chi connectivity index (χ2n) is 4.71. The van der Waals surface area contributed by atoms with Crippen molar-refractivity contribution in [3.05, 3.63) is 62.9 Å². The Morgan fingerprint density at radius 1 is 1.16 bits per heavy atom. The van der Waals surface area contributed by atoms with E-state index in [1.165, 1.54) is 27.6 Å². The third-order valence-corrected chi connectivity index (χ3v) is 4.63. The smallest absolute Gasteiger partial charge is 0.328 e. The van der Waals surface area contributed by atoms with E-state index in [4.69, 9.17) is 5.11 Å². The lowest BCUT2D eigenvalue weighted by Crippen LogP contribution is -1.91. The summed E-state index contributed by atoms with van der Waals surface area (Å²) in [7, 11) is 0. The number of hydrogen-bond acceptors (Lipinski definition) is 2. The first-order valence-electron chi connectivity index (χ1n) is 6.32. The number of carbonyl (C=O) groups is 1. The number of fused-ring (bicyclic) bond motifs is 2. The fourth-order valence-electron chi connectivity index (χ4n) is 2.51. The van der Waals surface area contributed by atoms with Crippen LogP contribution in [0.25, 0.3) is 6.08 Å². The summed E-state index contributed by atoms with van der Waals surface area (Å²) in [6.07, 6.45) is 5.99. The van der Waals surface area contributed by atoms with Gasteiger partial charge in [0.25, 0.3) is 0 Å². The van der Waals surface area contributed by atoms with Crippen LogP contribution in [0.4, 0.5) is 0 Å². The Morgan fingerprint density at radius 3 is 2.74 bits per heavy atom. The summed E-state index contributed by atoms with van der Waals surface area (Å²) in [6.45, 7) is 0. The number of aryl methyl sites for hydroxylation is 2. The van der Waals surface area contributed by atoms with Crippen LogP contribution in [0.2, 0.25) is 0 Å². The minimum Gasteiger partial charge on any atom is -0.478 e. The maximum absolute atomic E-state index is 10.6. The molecule has 1 aliphatic carbocycles. The normalized spacial score (nSPS) is 13.9. The van der Waals surface area contributed by atoms with Crippen LogP contribution in [-0.2, 0) is 24.1 Å². The van der Waals surface area contributed by atoms with Gasteiger partial charge in [0.15, 0.2) is 0 Å². The van der Waals surface area contributed by atoms with Crippen molar-refractivity contribution in [1.82, 2.24) is 0 Å². The lowest BCUT2D eigenvalue weighted by atomic mass is 10.0. The first kappa shape index (κ1) is 12.2. The fourth-order valence-corrected chi connectivity index (χ4v) is 3.60. The van der Waals surface area contributed by atoms with Crippen molar-refractivity contribution in [3.63, 3.8) is 0 Å². The molecule has 0 spiro atoms. The van der Waals surface area contributed by atoms with E-state index in [0.29, 0.717) is 0 Å². The molecule has 2 aromatic rings. The Morgan fingerprint density at radius 2 is 1.95 bits per heavy atom. The van der Waals surface area contributed by atoms with Crippen molar-refractivity contribution in [2.75, 3.05) is 0 Å². The predicted molar refractivity (Wildman–Crippen MR) is 77.6 cm³/mol. The fraction of sp³-hybridized carbons (Fsp3) is 0.188. The van der Waals surface area contributed by atoms with Gasteiger partial charge in [0.2, 0.25) is 0 Å². The summed E-state index contributed by atoms with van der Waals surface area (Å²) >= 11 is 1.71. The summed E-state index contributed by atoms with van der Waals surface area (Å²) in [6, 6.07) is 10.7. The molecule has 1 aromatic carbocycles. The molecule has 0 unspecified atom stereocenters. The van der Waals surface area contributed by atoms with Gasteiger partial charge in [0.05, 0.1) is 0 Å². The lowest BCUT2D eigenvalue weighted by molar-refractivity contribution is -0.131. The first-order valence-corrected chi connectivity index (χ1v) is 7.13. The zero-order valence-corrected chi connectivity index (χ0v) is 11.2. The molecule has 0 atom stereocenters. The topological polar surface area (TPSA) is 37.3 Å². The summed E-state index contributed by atoms with van der Waals surface area (Å²) in [4.78, 5) is 13.0. The van der Waals surface area contributed by atoms with Gasteiger partial charge in [-0.2, -0.15) is 0 Å². The molecule has 1 N–H and O–H groups in total. The van der Waals surface area contributed by atoms with Crippen molar-refractivity contribution in [3.8, 4) is 0 Å². The number of carboxylic acids is 1. The highest BCUT2D eigenvalue weighted by molar-refractivity contribution is 7.13. The van der Waals surface area contributed by atoms with Crippen molar-refractivity contribution in [1.29, 1.82) is 0 Å². The van der Waals surface area contributed by atoms with Gasteiger partial charge in [-0.1, -0.05) is 24.3 Å². The summed E-state index contributed by atoms with van der Waals surface area (Å²) < 4.78 is 0. The molecule has 3 rings (SSSR count). The van der Waals surface area contributed by atoms with Crippen LogP contribution in [-0.4, -0.2) is 11.1 Å². The van der Waals surface area contributed by atoms with Gasteiger partial charge in [-0.05, 0) is 48.1 Å². The Kier molecular flexibility index (Phi) is 3.22. The van der Waals surface area contributed by atoms with Crippen LogP contribution >= 0.6 is 11.3 Å². The van der Waals surface area contributed by atoms with Crippen LogP contribution in [0.5, 0.6) is 0 Å². The molecule has 0 saturated heterocycles. The zero-order chi connectivity index (χ0) is 13.2. The highest BCUT2D eigenvalue weighted by Crippen LogP contribution is 2.31. The van der Waals surface area contributed by atoms with Crippen molar-refractivity contribution >= 4 is 23.4 Å². The molecule has 0 saturated carbocycles. The number of aliphatic carboxylic acids is 1. The van der Waals surface area contributed by atoms with E-state index in [0.717, 1.165) is 24.1 Å². The van der Waals surface area contributed by atoms with Crippen LogP contribution in [0, 0.1) is 0 Å². The molecule has 3 heteroatoms. The maximum atomic E-state index is 10.6. The monoisotopic (exact) mass is 270 g/mol. The second kappa shape index (κ2) is 5.02. The molecular weight excluding hydrogens is 256 g/mol. The van der Waals surface area contributed by atoms with E-state index < -0.39 is 5.97 Å². The Labute approximate surface area is 116 Å². The van der Waals surface area contributed by atoms with Gasteiger partial charge in [0.1, 0.15) is 0 Å². The van der Waals surface area contributed by atoms with Gasteiger partial charge in [-0.3, -0.25) is 0 Å². The number of thiophene rings is 1. The van der Waals surface area contributed by atoms with Crippen LogP contribution in [0.15, 0.2) is 36.4 Å². The molecular formula is C16H14O2S. The maximum Gasteiger partial charge on any atom is 0.328 e. The number of hydrogen-bond donors (Lipinski definition) is 1. The third kappa shape index (κ3) is 2.61. The predicted octanol–water partition coefficient (Wildman–Crippen LogP) is 3.54. The van der Waals surface area contributed by atoms with E-state index >= 15 is 0 Å². The molecule has 0 amide bonds. The molecule has 0 radical (unpaired) electrons. The quantitative estimate of drug-likeness (QED) is 0.848. The standard InChI is InChI=1S/C16H14O2S/c17-16(18)8-6-14-10-13-9-12-4-2-1-3-11(12)5-7-15(13)19-14/h1-4,6,8,10H,5,7,9H2,(H,17,18)/b8-6+. The molecule has 0 fully saturated rings. The molecule has 0 bridgehead atoms. The number of carboxylic acid groups (broad SMARTS) is 1. The van der Waals surface area contributed by atoms with E-state index in [9.17, 15) is 4.79 Å². The molecule has 1 heterocycles. The molecule has 2 nitrogen and oxygen atoms in total. The van der Waals surface area contributed by atoms with Crippen molar-refractivity contribution < 1.29 is 9.90 Å². The summed E-state index contributed by atoms with van der Waals surface area (Å²) in [5.41, 5.74) is 4.18. The van der Waals surface area contributed by atoms with Crippen molar-refractivity contribution in [2.24, 2.45) is 0 Å². The van der Waals surface area contributed by atoms with E-state index in [-0.39, 0.29) is 0 Å². The Hall–Kier alpha value is -1.87. The van der Waals surface area contributed by atoms with E-state index in [1.807, 2.05) is 0 Å². The average molecular weight is 270 g/mol. The average Bonchev–Trinajstić information content (AvgIpc) is 2.70. The third-order valence-electron chi connectivity index (χ3n) is 3.43. The lowest BCUT2D eigenvalue weighted by Gasteiger charge is -2.03. The van der Waals surface area contributed by atoms with Gasteiger partial charge < -0.3 is 5.11 Å². The van der Waals surface area contributed by atoms with Gasteiger partial charge in [-0.25, -0.2) is 4.79 Å². The van der Waals surface area contributed by atoms with E-state index in [1.54, 1.807) is 17.4 Å². The zero-order valence-electron chi connectivity index (χ0n) is 10.4. The van der Waals surface area contributed by atoms with Gasteiger partial charge >= 0.3 is 5.97 Å². The number of benzene rings is 1. The van der Waals surface area contributed by atoms with Crippen LogP contribution < -0.4 is 0 Å².